The number of nitrogens with zero attached hydrogens (tertiary/aromatic N) is 1. The maximum Gasteiger partial charge on any atom is 0.283 e. The van der Waals surface area contributed by atoms with E-state index in [1.807, 2.05) is 6.92 Å². The Morgan fingerprint density at radius 3 is 2.72 bits per heavy atom. The van der Waals surface area contributed by atoms with Crippen molar-refractivity contribution < 1.29 is 14.5 Å². The molecular weight excluding hydrogens is 364 g/mol. The van der Waals surface area contributed by atoms with E-state index in [1.165, 1.54) is 17.8 Å². The minimum atomic E-state index is -0.502. The predicted octanol–water partition coefficient (Wildman–Crippen LogP) is 5.01. The Kier molecular flexibility index (Phi) is 6.66. The first-order chi connectivity index (χ1) is 12.0. The first-order valence-corrected chi connectivity index (χ1v) is 9.12. The molecule has 2 aromatic rings. The number of nitrogens with one attached hydrogen (secondary N) is 1. The highest BCUT2D eigenvalue weighted by molar-refractivity contribution is 7.98. The molecule has 0 atom stereocenters. The van der Waals surface area contributed by atoms with E-state index in [-0.39, 0.29) is 11.3 Å². The number of anilines is 1. The normalized spacial score (nSPS) is 10.4. The van der Waals surface area contributed by atoms with E-state index >= 15 is 0 Å². The van der Waals surface area contributed by atoms with Gasteiger partial charge in [0.2, 0.25) is 0 Å². The molecule has 0 fully saturated rings. The lowest BCUT2D eigenvalue weighted by molar-refractivity contribution is -0.387. The fraction of sp³-hybridized carbons (Fsp3) is 0.235. The van der Waals surface area contributed by atoms with Crippen LogP contribution in [0.1, 0.15) is 23.7 Å². The van der Waals surface area contributed by atoms with E-state index in [1.54, 1.807) is 36.6 Å². The van der Waals surface area contributed by atoms with Crippen LogP contribution < -0.4 is 10.1 Å². The number of carbonyl (C=O) groups excluding carboxylic acids is 1. The first kappa shape index (κ1) is 19.1. The number of carbonyl (C=O) groups is 1. The third-order valence-electron chi connectivity index (χ3n) is 3.29. The summed E-state index contributed by atoms with van der Waals surface area (Å²) in [7, 11) is 0. The molecule has 0 unspecified atom stereocenters. The van der Waals surface area contributed by atoms with Gasteiger partial charge in [-0.2, -0.15) is 0 Å². The zero-order valence-electron chi connectivity index (χ0n) is 13.7. The van der Waals surface area contributed by atoms with Crippen molar-refractivity contribution in [2.75, 3.05) is 18.2 Å². The molecule has 0 aliphatic heterocycles. The molecule has 0 aliphatic carbocycles. The molecule has 132 valence electrons. The number of rotatable bonds is 7. The van der Waals surface area contributed by atoms with Gasteiger partial charge in [-0.3, -0.25) is 14.9 Å². The van der Waals surface area contributed by atoms with Crippen molar-refractivity contribution >= 4 is 40.6 Å². The molecule has 25 heavy (non-hydrogen) atoms. The molecule has 6 nitrogen and oxygen atoms in total. The second-order valence-electron chi connectivity index (χ2n) is 5.09. The van der Waals surface area contributed by atoms with Crippen LogP contribution in [0.5, 0.6) is 5.75 Å². The third-order valence-corrected chi connectivity index (χ3v) is 4.31. The van der Waals surface area contributed by atoms with Gasteiger partial charge in [0.25, 0.3) is 11.6 Å². The third kappa shape index (κ3) is 4.87. The van der Waals surface area contributed by atoms with E-state index in [9.17, 15) is 14.9 Å². The molecule has 0 radical (unpaired) electrons. The van der Waals surface area contributed by atoms with Gasteiger partial charge < -0.3 is 10.1 Å². The highest BCUT2D eigenvalue weighted by Gasteiger charge is 2.18. The summed E-state index contributed by atoms with van der Waals surface area (Å²) in [4.78, 5) is 23.6. The zero-order chi connectivity index (χ0) is 18.4. The Morgan fingerprint density at radius 2 is 2.08 bits per heavy atom. The van der Waals surface area contributed by atoms with E-state index in [2.05, 4.69) is 5.32 Å². The topological polar surface area (TPSA) is 81.5 Å². The smallest absolute Gasteiger partial charge is 0.283 e. The van der Waals surface area contributed by atoms with Crippen LogP contribution in [0.3, 0.4) is 0 Å². The molecule has 0 saturated heterocycles. The fourth-order valence-electron chi connectivity index (χ4n) is 2.11. The summed E-state index contributed by atoms with van der Waals surface area (Å²) in [6, 6.07) is 9.29. The van der Waals surface area contributed by atoms with Gasteiger partial charge in [-0.15, -0.1) is 11.8 Å². The highest BCUT2D eigenvalue weighted by Crippen LogP contribution is 2.31. The van der Waals surface area contributed by atoms with Gasteiger partial charge in [-0.25, -0.2) is 0 Å². The predicted molar refractivity (Wildman–Crippen MR) is 100 cm³/mol. The fourth-order valence-corrected chi connectivity index (χ4v) is 2.82. The van der Waals surface area contributed by atoms with Crippen LogP contribution in [0.15, 0.2) is 41.3 Å². The molecule has 1 N–H and O–H groups in total. The van der Waals surface area contributed by atoms with Crippen LogP contribution in [0.25, 0.3) is 0 Å². The zero-order valence-corrected chi connectivity index (χ0v) is 15.3. The maximum absolute atomic E-state index is 12.5. The summed E-state index contributed by atoms with van der Waals surface area (Å²) in [5.41, 5.74) is 0.502. The number of amides is 1. The molecule has 0 spiro atoms. The largest absolute Gasteiger partial charge is 0.491 e. The van der Waals surface area contributed by atoms with Crippen molar-refractivity contribution in [3.05, 3.63) is 57.1 Å². The molecule has 8 heteroatoms. The highest BCUT2D eigenvalue weighted by atomic mass is 35.5. The van der Waals surface area contributed by atoms with Crippen LogP contribution in [0.2, 0.25) is 5.02 Å². The summed E-state index contributed by atoms with van der Waals surface area (Å²) in [5, 5.41) is 14.3. The Hall–Kier alpha value is -2.25. The van der Waals surface area contributed by atoms with Gasteiger partial charge in [0, 0.05) is 16.7 Å². The minimum Gasteiger partial charge on any atom is -0.491 e. The van der Waals surface area contributed by atoms with Gasteiger partial charge in [0.1, 0.15) is 5.75 Å². The average Bonchev–Trinajstić information content (AvgIpc) is 2.60. The van der Waals surface area contributed by atoms with Gasteiger partial charge in [0.15, 0.2) is 0 Å². The van der Waals surface area contributed by atoms with E-state index in [0.29, 0.717) is 28.0 Å². The molecule has 1 amide bonds. The number of nitro groups is 1. The van der Waals surface area contributed by atoms with Gasteiger partial charge >= 0.3 is 0 Å². The summed E-state index contributed by atoms with van der Waals surface area (Å²) < 4.78 is 5.59. The van der Waals surface area contributed by atoms with Gasteiger partial charge in [-0.05, 0) is 43.0 Å². The Bertz CT molecular complexity index is 798. The minimum absolute atomic E-state index is 0.103. The molecule has 0 aromatic heterocycles. The van der Waals surface area contributed by atoms with Crippen molar-refractivity contribution in [3.63, 3.8) is 0 Å². The van der Waals surface area contributed by atoms with Crippen LogP contribution in [-0.4, -0.2) is 23.7 Å². The first-order valence-electron chi connectivity index (χ1n) is 7.52. The molecule has 2 rings (SSSR count). The summed E-state index contributed by atoms with van der Waals surface area (Å²) in [6.07, 6.45) is 2.56. The molecule has 0 aliphatic rings. The number of benzene rings is 2. The van der Waals surface area contributed by atoms with E-state index in [0.717, 1.165) is 6.42 Å². The number of halogens is 1. The van der Waals surface area contributed by atoms with E-state index < -0.39 is 10.8 Å². The SMILES string of the molecule is CCCOc1ccc(Cl)cc1NC(=O)c1ccc(SC)c([N+](=O)[O-])c1. The van der Waals surface area contributed by atoms with Crippen LogP contribution in [-0.2, 0) is 0 Å². The Labute approximate surface area is 154 Å². The standard InChI is InChI=1S/C17H17ClN2O4S/c1-3-8-24-15-6-5-12(18)10-13(15)19-17(21)11-4-7-16(25-2)14(9-11)20(22)23/h4-7,9-10H,3,8H2,1-2H3,(H,19,21). The quantitative estimate of drug-likeness (QED) is 0.414. The number of nitro benzene ring substituents is 1. The molecular formula is C17H17ClN2O4S. The second-order valence-corrected chi connectivity index (χ2v) is 6.37. The summed E-state index contributed by atoms with van der Waals surface area (Å²) >= 11 is 7.24. The van der Waals surface area contributed by atoms with Crippen molar-refractivity contribution in [1.82, 2.24) is 0 Å². The Balaban J connectivity index is 2.29. The number of hydrogen-bond donors (Lipinski definition) is 1. The molecule has 0 saturated carbocycles. The average molecular weight is 381 g/mol. The summed E-state index contributed by atoms with van der Waals surface area (Å²) in [6.45, 7) is 2.47. The molecule has 0 heterocycles. The maximum atomic E-state index is 12.5. The van der Waals surface area contributed by atoms with Gasteiger partial charge in [0.05, 0.1) is 22.1 Å². The van der Waals surface area contributed by atoms with Crippen LogP contribution >= 0.6 is 23.4 Å². The number of hydrogen-bond acceptors (Lipinski definition) is 5. The lowest BCUT2D eigenvalue weighted by Crippen LogP contribution is -2.13. The van der Waals surface area contributed by atoms with Crippen LogP contribution in [0, 0.1) is 10.1 Å². The lowest BCUT2D eigenvalue weighted by atomic mass is 10.2. The second kappa shape index (κ2) is 8.73. The lowest BCUT2D eigenvalue weighted by Gasteiger charge is -2.13. The molecule has 2 aromatic carbocycles. The van der Waals surface area contributed by atoms with Crippen molar-refractivity contribution in [3.8, 4) is 5.75 Å². The Morgan fingerprint density at radius 1 is 1.32 bits per heavy atom. The monoisotopic (exact) mass is 380 g/mol. The summed E-state index contributed by atoms with van der Waals surface area (Å²) in [5.74, 6) is 0.0224. The van der Waals surface area contributed by atoms with Crippen molar-refractivity contribution in [1.29, 1.82) is 0 Å². The van der Waals surface area contributed by atoms with Gasteiger partial charge in [-0.1, -0.05) is 18.5 Å². The van der Waals surface area contributed by atoms with Crippen molar-refractivity contribution in [2.45, 2.75) is 18.2 Å². The molecule has 0 bridgehead atoms. The van der Waals surface area contributed by atoms with E-state index in [4.69, 9.17) is 16.3 Å². The van der Waals surface area contributed by atoms with Crippen molar-refractivity contribution in [2.24, 2.45) is 0 Å². The number of ether oxygens (including phenoxy) is 1. The number of thioether (sulfide) groups is 1. The van der Waals surface area contributed by atoms with Crippen LogP contribution in [0.4, 0.5) is 11.4 Å².